The van der Waals surface area contributed by atoms with Crippen LogP contribution in [-0.2, 0) is 4.74 Å². The molecule has 2 rings (SSSR count). The van der Waals surface area contributed by atoms with Gasteiger partial charge >= 0.3 is 0 Å². The van der Waals surface area contributed by atoms with Crippen molar-refractivity contribution in [2.45, 2.75) is 25.0 Å². The van der Waals surface area contributed by atoms with Crippen LogP contribution >= 0.6 is 11.3 Å². The quantitative estimate of drug-likeness (QED) is 0.616. The molecule has 0 radical (unpaired) electrons. The second-order valence-corrected chi connectivity index (χ2v) is 6.22. The van der Waals surface area contributed by atoms with Gasteiger partial charge in [0, 0.05) is 18.0 Å². The predicted molar refractivity (Wildman–Crippen MR) is 84.2 cm³/mol. The molecular formula is C14H24N4OS. The van der Waals surface area contributed by atoms with E-state index in [9.17, 15) is 0 Å². The second-order valence-electron chi connectivity index (χ2n) is 5.24. The van der Waals surface area contributed by atoms with Gasteiger partial charge in [0.25, 0.3) is 0 Å². The first-order chi connectivity index (χ1) is 9.66. The average Bonchev–Trinajstić information content (AvgIpc) is 3.09. The zero-order valence-corrected chi connectivity index (χ0v) is 13.0. The lowest BCUT2D eigenvalue weighted by Gasteiger charge is -2.21. The fourth-order valence-electron chi connectivity index (χ4n) is 2.25. The van der Waals surface area contributed by atoms with Gasteiger partial charge in [0.05, 0.1) is 18.7 Å². The van der Waals surface area contributed by atoms with Gasteiger partial charge in [-0.3, -0.25) is 4.99 Å². The first kappa shape index (κ1) is 15.3. The smallest absolute Gasteiger partial charge is 0.188 e. The fraction of sp³-hybridized carbons (Fsp3) is 0.643. The van der Waals surface area contributed by atoms with Crippen LogP contribution in [0.25, 0.3) is 0 Å². The van der Waals surface area contributed by atoms with Gasteiger partial charge in [0.15, 0.2) is 5.96 Å². The number of likely N-dealkylation sites (N-methyl/N-ethyl adjacent to an activating group) is 1. The van der Waals surface area contributed by atoms with Gasteiger partial charge in [-0.05, 0) is 38.4 Å². The van der Waals surface area contributed by atoms with Gasteiger partial charge in [-0.2, -0.15) is 0 Å². The largest absolute Gasteiger partial charge is 0.376 e. The van der Waals surface area contributed by atoms with E-state index in [1.807, 2.05) is 0 Å². The first-order valence-electron chi connectivity index (χ1n) is 7.02. The van der Waals surface area contributed by atoms with Gasteiger partial charge in [0.1, 0.15) is 0 Å². The maximum atomic E-state index is 5.92. The van der Waals surface area contributed by atoms with Gasteiger partial charge in [-0.25, -0.2) is 0 Å². The van der Waals surface area contributed by atoms with Gasteiger partial charge in [-0.15, -0.1) is 11.3 Å². The number of thiophene rings is 1. The predicted octanol–water partition coefficient (Wildman–Crippen LogP) is 1.43. The van der Waals surface area contributed by atoms with Crippen molar-refractivity contribution in [2.75, 3.05) is 33.8 Å². The highest BCUT2D eigenvalue weighted by Crippen LogP contribution is 2.23. The monoisotopic (exact) mass is 296 g/mol. The standard InChI is InChI=1S/C14H24N4OS/c1-18(2)12(13-6-4-8-20-13)10-17-14(15)16-9-11-5-3-7-19-11/h4,6,8,11-12H,3,5,7,9-10H2,1-2H3,(H3,15,16,17). The highest BCUT2D eigenvalue weighted by Gasteiger charge is 2.16. The summed E-state index contributed by atoms with van der Waals surface area (Å²) in [5.41, 5.74) is 5.92. The molecule has 1 aromatic heterocycles. The van der Waals surface area contributed by atoms with E-state index in [4.69, 9.17) is 10.5 Å². The zero-order chi connectivity index (χ0) is 14.4. The highest BCUT2D eigenvalue weighted by atomic mass is 32.1. The molecule has 2 unspecified atom stereocenters. The van der Waals surface area contributed by atoms with E-state index in [0.29, 0.717) is 12.5 Å². The van der Waals surface area contributed by atoms with Gasteiger partial charge < -0.3 is 20.7 Å². The number of nitrogens with zero attached hydrogens (tertiary/aromatic N) is 2. The van der Waals surface area contributed by atoms with Crippen LogP contribution in [-0.4, -0.2) is 50.8 Å². The number of aliphatic imine (C=N–C) groups is 1. The lowest BCUT2D eigenvalue weighted by Crippen LogP contribution is -2.37. The normalized spacial score (nSPS) is 21.4. The molecule has 112 valence electrons. The number of hydrogen-bond acceptors (Lipinski definition) is 4. The zero-order valence-electron chi connectivity index (χ0n) is 12.2. The maximum Gasteiger partial charge on any atom is 0.188 e. The second kappa shape index (κ2) is 7.61. The van der Waals surface area contributed by atoms with Crippen LogP contribution in [0.3, 0.4) is 0 Å². The van der Waals surface area contributed by atoms with Crippen molar-refractivity contribution in [2.24, 2.45) is 10.7 Å². The molecule has 3 N–H and O–H groups in total. The summed E-state index contributed by atoms with van der Waals surface area (Å²) in [4.78, 5) is 7.94. The van der Waals surface area contributed by atoms with Crippen LogP contribution in [0.1, 0.15) is 23.8 Å². The summed E-state index contributed by atoms with van der Waals surface area (Å²) in [7, 11) is 4.13. The summed E-state index contributed by atoms with van der Waals surface area (Å²) < 4.78 is 5.55. The van der Waals surface area contributed by atoms with Crippen molar-refractivity contribution < 1.29 is 4.74 Å². The molecule has 1 aliphatic rings. The summed E-state index contributed by atoms with van der Waals surface area (Å²) >= 11 is 1.75. The van der Waals surface area contributed by atoms with Crippen molar-refractivity contribution in [3.8, 4) is 0 Å². The van der Waals surface area contributed by atoms with Gasteiger partial charge in [-0.1, -0.05) is 6.07 Å². The number of guanidine groups is 1. The van der Waals surface area contributed by atoms with Crippen LogP contribution in [0.15, 0.2) is 22.5 Å². The van der Waals surface area contributed by atoms with E-state index in [-0.39, 0.29) is 12.1 Å². The molecule has 0 bridgehead atoms. The molecule has 0 spiro atoms. The Morgan fingerprint density at radius 3 is 3.10 bits per heavy atom. The van der Waals surface area contributed by atoms with Crippen molar-refractivity contribution in [3.05, 3.63) is 22.4 Å². The first-order valence-corrected chi connectivity index (χ1v) is 7.90. The van der Waals surface area contributed by atoms with E-state index < -0.39 is 0 Å². The lowest BCUT2D eigenvalue weighted by molar-refractivity contribution is 0.114. The Labute approximate surface area is 124 Å². The molecule has 2 atom stereocenters. The molecule has 0 amide bonds. The van der Waals surface area contributed by atoms with Crippen LogP contribution in [0.2, 0.25) is 0 Å². The number of nitrogens with two attached hydrogens (primary N) is 1. The molecule has 1 aliphatic heterocycles. The Morgan fingerprint density at radius 2 is 2.50 bits per heavy atom. The number of rotatable bonds is 6. The fourth-order valence-corrected chi connectivity index (χ4v) is 3.17. The third-order valence-corrected chi connectivity index (χ3v) is 4.44. The molecule has 5 nitrogen and oxygen atoms in total. The molecule has 6 heteroatoms. The number of hydrogen-bond donors (Lipinski definition) is 2. The molecule has 2 heterocycles. The minimum absolute atomic E-state index is 0.276. The van der Waals surface area contributed by atoms with Crippen LogP contribution in [0.5, 0.6) is 0 Å². The molecule has 1 aromatic rings. The SMILES string of the molecule is CN(C)C(CN=C(N)NCC1CCCO1)c1cccs1. The van der Waals surface area contributed by atoms with Crippen LogP contribution in [0, 0.1) is 0 Å². The Balaban J connectivity index is 1.82. The number of nitrogens with one attached hydrogen (secondary N) is 1. The maximum absolute atomic E-state index is 5.92. The minimum Gasteiger partial charge on any atom is -0.376 e. The lowest BCUT2D eigenvalue weighted by atomic mass is 10.2. The Hall–Kier alpha value is -1.11. The minimum atomic E-state index is 0.276. The molecule has 1 fully saturated rings. The van der Waals surface area contributed by atoms with Crippen molar-refractivity contribution in [1.29, 1.82) is 0 Å². The Bertz CT molecular complexity index is 413. The molecule has 0 aliphatic carbocycles. The van der Waals surface area contributed by atoms with Crippen LogP contribution < -0.4 is 11.1 Å². The number of ether oxygens (including phenoxy) is 1. The van der Waals surface area contributed by atoms with E-state index in [1.165, 1.54) is 4.88 Å². The average molecular weight is 296 g/mol. The summed E-state index contributed by atoms with van der Waals surface area (Å²) in [5, 5.41) is 5.24. The molecular weight excluding hydrogens is 272 g/mol. The Kier molecular flexibility index (Phi) is 5.82. The summed E-state index contributed by atoms with van der Waals surface area (Å²) in [6.07, 6.45) is 2.53. The summed E-state index contributed by atoms with van der Waals surface area (Å²) in [6.45, 7) is 2.28. The van der Waals surface area contributed by atoms with Crippen molar-refractivity contribution >= 4 is 17.3 Å². The summed E-state index contributed by atoms with van der Waals surface area (Å²) in [6, 6.07) is 4.48. The van der Waals surface area contributed by atoms with Crippen molar-refractivity contribution in [1.82, 2.24) is 10.2 Å². The molecule has 0 saturated carbocycles. The van der Waals surface area contributed by atoms with Gasteiger partial charge in [0.2, 0.25) is 0 Å². The molecule has 1 saturated heterocycles. The van der Waals surface area contributed by atoms with E-state index in [0.717, 1.165) is 26.0 Å². The van der Waals surface area contributed by atoms with Crippen molar-refractivity contribution in [3.63, 3.8) is 0 Å². The third kappa shape index (κ3) is 4.47. The van der Waals surface area contributed by atoms with E-state index >= 15 is 0 Å². The highest BCUT2D eigenvalue weighted by molar-refractivity contribution is 7.10. The third-order valence-electron chi connectivity index (χ3n) is 3.46. The molecule has 0 aromatic carbocycles. The van der Waals surface area contributed by atoms with E-state index in [2.05, 4.69) is 46.8 Å². The Morgan fingerprint density at radius 1 is 1.65 bits per heavy atom. The summed E-state index contributed by atoms with van der Waals surface area (Å²) in [5.74, 6) is 0.504. The molecule has 20 heavy (non-hydrogen) atoms. The topological polar surface area (TPSA) is 62.9 Å². The van der Waals surface area contributed by atoms with E-state index in [1.54, 1.807) is 11.3 Å². The van der Waals surface area contributed by atoms with Crippen LogP contribution in [0.4, 0.5) is 0 Å².